The maximum Gasteiger partial charge on any atom is 0.322 e. The largest absolute Gasteiger partial charge is 0.379 e. The van der Waals surface area contributed by atoms with Crippen LogP contribution >= 0.6 is 23.2 Å². The summed E-state index contributed by atoms with van der Waals surface area (Å²) >= 11 is 12.0. The minimum atomic E-state index is -0.0509. The fraction of sp³-hybridized carbons (Fsp3) is 0.611. The van der Waals surface area contributed by atoms with Gasteiger partial charge in [0.15, 0.2) is 0 Å². The third kappa shape index (κ3) is 5.23. The predicted molar refractivity (Wildman–Crippen MR) is 102 cm³/mol. The topological polar surface area (TPSA) is 44.8 Å². The fourth-order valence-corrected chi connectivity index (χ4v) is 3.79. The molecule has 1 aromatic carbocycles. The summed E-state index contributed by atoms with van der Waals surface area (Å²) in [6.07, 6.45) is 4.32. The van der Waals surface area contributed by atoms with Crippen LogP contribution in [0, 0.1) is 0 Å². The third-order valence-electron chi connectivity index (χ3n) is 4.94. The van der Waals surface area contributed by atoms with Crippen molar-refractivity contribution in [1.29, 1.82) is 0 Å². The van der Waals surface area contributed by atoms with Crippen LogP contribution < -0.4 is 5.32 Å². The lowest BCUT2D eigenvalue weighted by molar-refractivity contribution is 0.0329. The molecule has 2 saturated heterocycles. The zero-order valence-electron chi connectivity index (χ0n) is 14.3. The van der Waals surface area contributed by atoms with E-state index in [0.717, 1.165) is 58.7 Å². The Morgan fingerprint density at radius 1 is 1.16 bits per heavy atom. The van der Waals surface area contributed by atoms with Crippen LogP contribution in [0.5, 0.6) is 0 Å². The molecule has 0 spiro atoms. The molecular formula is C18H25Cl2N3O2. The lowest BCUT2D eigenvalue weighted by atomic mass is 9.99. The summed E-state index contributed by atoms with van der Waals surface area (Å²) in [4.78, 5) is 17.1. The van der Waals surface area contributed by atoms with E-state index < -0.39 is 0 Å². The normalized spacial score (nSPS) is 22.0. The highest BCUT2D eigenvalue weighted by atomic mass is 35.5. The van der Waals surface area contributed by atoms with Crippen LogP contribution in [0.3, 0.4) is 0 Å². The quantitative estimate of drug-likeness (QED) is 0.848. The Kier molecular flexibility index (Phi) is 6.82. The van der Waals surface area contributed by atoms with Crippen molar-refractivity contribution in [1.82, 2.24) is 9.80 Å². The number of amides is 2. The molecule has 7 heteroatoms. The van der Waals surface area contributed by atoms with Gasteiger partial charge in [-0.15, -0.1) is 0 Å². The Labute approximate surface area is 159 Å². The minimum absolute atomic E-state index is 0.0509. The van der Waals surface area contributed by atoms with Gasteiger partial charge in [0.1, 0.15) is 0 Å². The molecule has 2 heterocycles. The van der Waals surface area contributed by atoms with Crippen molar-refractivity contribution >= 4 is 34.9 Å². The number of ether oxygens (including phenoxy) is 1. The van der Waals surface area contributed by atoms with Crippen molar-refractivity contribution in [2.24, 2.45) is 0 Å². The number of nitrogens with zero attached hydrogens (tertiary/aromatic N) is 2. The van der Waals surface area contributed by atoms with Crippen LogP contribution in [0.15, 0.2) is 18.2 Å². The van der Waals surface area contributed by atoms with Crippen LogP contribution in [0.4, 0.5) is 10.5 Å². The van der Waals surface area contributed by atoms with Gasteiger partial charge in [-0.05, 0) is 43.9 Å². The first-order valence-electron chi connectivity index (χ1n) is 8.96. The van der Waals surface area contributed by atoms with Crippen molar-refractivity contribution in [2.75, 3.05) is 44.7 Å². The number of halogens is 2. The average Bonchev–Trinajstić information content (AvgIpc) is 2.64. The number of carbonyl (C=O) groups excluding carboxylic acids is 1. The third-order valence-corrected chi connectivity index (χ3v) is 5.68. The number of hydrogen-bond donors (Lipinski definition) is 1. The lowest BCUT2D eigenvalue weighted by Gasteiger charge is -2.37. The van der Waals surface area contributed by atoms with E-state index in [-0.39, 0.29) is 6.03 Å². The van der Waals surface area contributed by atoms with Gasteiger partial charge in [0.2, 0.25) is 0 Å². The van der Waals surface area contributed by atoms with Crippen LogP contribution in [-0.4, -0.2) is 61.3 Å². The smallest absolute Gasteiger partial charge is 0.322 e. The zero-order chi connectivity index (χ0) is 17.6. The van der Waals surface area contributed by atoms with Crippen molar-refractivity contribution in [3.63, 3.8) is 0 Å². The van der Waals surface area contributed by atoms with Gasteiger partial charge in [0.05, 0.1) is 23.3 Å². The van der Waals surface area contributed by atoms with E-state index in [9.17, 15) is 4.79 Å². The van der Waals surface area contributed by atoms with Crippen molar-refractivity contribution in [3.05, 3.63) is 28.2 Å². The Hall–Kier alpha value is -1.01. The second kappa shape index (κ2) is 9.08. The highest BCUT2D eigenvalue weighted by Crippen LogP contribution is 2.26. The molecule has 2 aliphatic heterocycles. The van der Waals surface area contributed by atoms with Crippen molar-refractivity contribution in [2.45, 2.75) is 31.7 Å². The number of rotatable bonds is 4. The highest BCUT2D eigenvalue weighted by Gasteiger charge is 2.27. The summed E-state index contributed by atoms with van der Waals surface area (Å²) in [7, 11) is 0. The Morgan fingerprint density at radius 2 is 1.96 bits per heavy atom. The monoisotopic (exact) mass is 385 g/mol. The van der Waals surface area contributed by atoms with Gasteiger partial charge in [-0.1, -0.05) is 23.2 Å². The number of likely N-dealkylation sites (tertiary alicyclic amines) is 1. The van der Waals surface area contributed by atoms with E-state index in [4.69, 9.17) is 27.9 Å². The molecule has 0 saturated carbocycles. The van der Waals surface area contributed by atoms with Crippen molar-refractivity contribution < 1.29 is 9.53 Å². The number of piperidine rings is 1. The number of nitrogens with one attached hydrogen (secondary N) is 1. The van der Waals surface area contributed by atoms with Crippen LogP contribution in [0.2, 0.25) is 10.0 Å². The summed E-state index contributed by atoms with van der Waals surface area (Å²) in [5.41, 5.74) is 0.678. The van der Waals surface area contributed by atoms with Crippen molar-refractivity contribution in [3.8, 4) is 0 Å². The first-order chi connectivity index (χ1) is 12.1. The SMILES string of the molecule is O=C(Nc1ccc(Cl)c(Cl)c1)N1CCCC[C@H]1CCN1CCOCC1. The lowest BCUT2D eigenvalue weighted by Crippen LogP contribution is -2.48. The number of urea groups is 1. The number of hydrogen-bond acceptors (Lipinski definition) is 3. The number of morpholine rings is 1. The molecule has 1 atom stereocenters. The van der Waals surface area contributed by atoms with E-state index in [2.05, 4.69) is 10.2 Å². The Bertz CT molecular complexity index is 594. The minimum Gasteiger partial charge on any atom is -0.379 e. The second-order valence-electron chi connectivity index (χ2n) is 6.64. The van der Waals surface area contributed by atoms with Gasteiger partial charge < -0.3 is 15.0 Å². The Morgan fingerprint density at radius 3 is 2.72 bits per heavy atom. The molecule has 0 radical (unpaired) electrons. The number of anilines is 1. The summed E-state index contributed by atoms with van der Waals surface area (Å²) in [5.74, 6) is 0. The summed E-state index contributed by atoms with van der Waals surface area (Å²) in [5, 5.41) is 3.89. The van der Waals surface area contributed by atoms with Crippen LogP contribution in [-0.2, 0) is 4.74 Å². The maximum atomic E-state index is 12.7. The van der Waals surface area contributed by atoms with Gasteiger partial charge >= 0.3 is 6.03 Å². The summed E-state index contributed by atoms with van der Waals surface area (Å²) < 4.78 is 5.40. The van der Waals surface area contributed by atoms with E-state index in [1.54, 1.807) is 18.2 Å². The standard InChI is InChI=1S/C18H25Cl2N3O2/c19-16-5-4-14(13-17(16)20)21-18(24)23-7-2-1-3-15(23)6-8-22-9-11-25-12-10-22/h4-5,13,15H,1-3,6-12H2,(H,21,24)/t15-/m0/s1. The predicted octanol–water partition coefficient (Wildman–Crippen LogP) is 4.10. The highest BCUT2D eigenvalue weighted by molar-refractivity contribution is 6.42. The average molecular weight is 386 g/mol. The van der Waals surface area contributed by atoms with E-state index in [0.29, 0.717) is 21.8 Å². The summed E-state index contributed by atoms with van der Waals surface area (Å²) in [6, 6.07) is 5.41. The molecule has 0 aromatic heterocycles. The van der Waals surface area contributed by atoms with E-state index in [1.807, 2.05) is 4.90 Å². The number of carbonyl (C=O) groups is 1. The fourth-order valence-electron chi connectivity index (χ4n) is 3.49. The molecule has 2 aliphatic rings. The molecule has 0 bridgehead atoms. The molecule has 0 aliphatic carbocycles. The van der Waals surface area contributed by atoms with Gasteiger partial charge in [-0.25, -0.2) is 4.79 Å². The maximum absolute atomic E-state index is 12.7. The van der Waals surface area contributed by atoms with Crippen LogP contribution in [0.25, 0.3) is 0 Å². The molecular weight excluding hydrogens is 361 g/mol. The molecule has 1 N–H and O–H groups in total. The Balaban J connectivity index is 1.57. The molecule has 3 rings (SSSR count). The first-order valence-corrected chi connectivity index (χ1v) is 9.72. The first kappa shape index (κ1) is 18.8. The van der Waals surface area contributed by atoms with E-state index in [1.165, 1.54) is 6.42 Å². The summed E-state index contributed by atoms with van der Waals surface area (Å²) in [6.45, 7) is 5.42. The van der Waals surface area contributed by atoms with Gasteiger partial charge in [0.25, 0.3) is 0 Å². The molecule has 138 valence electrons. The van der Waals surface area contributed by atoms with Gasteiger partial charge in [-0.3, -0.25) is 4.90 Å². The number of benzene rings is 1. The molecule has 0 unspecified atom stereocenters. The molecule has 5 nitrogen and oxygen atoms in total. The zero-order valence-corrected chi connectivity index (χ0v) is 15.9. The molecule has 25 heavy (non-hydrogen) atoms. The van der Waals surface area contributed by atoms with Gasteiger partial charge in [-0.2, -0.15) is 0 Å². The molecule has 2 fully saturated rings. The van der Waals surface area contributed by atoms with Crippen LogP contribution in [0.1, 0.15) is 25.7 Å². The van der Waals surface area contributed by atoms with Gasteiger partial charge in [0, 0.05) is 37.9 Å². The molecule has 1 aromatic rings. The second-order valence-corrected chi connectivity index (χ2v) is 7.46. The van der Waals surface area contributed by atoms with E-state index >= 15 is 0 Å². The molecule has 2 amide bonds.